The largest absolute Gasteiger partial charge is 0.480 e. The van der Waals surface area contributed by atoms with E-state index in [0.29, 0.717) is 19.4 Å². The smallest absolute Gasteiger partial charge is 0.407 e. The second-order valence-corrected chi connectivity index (χ2v) is 8.10. The molecule has 0 saturated heterocycles. The zero-order valence-electron chi connectivity index (χ0n) is 19.0. The number of alkyl carbamates (subject to hydrolysis) is 1. The summed E-state index contributed by atoms with van der Waals surface area (Å²) >= 11 is 0. The SMILES string of the molecule is O=C(CCCCCNC(=O)OCc1ccccc1)N[C@H](Cc1cccc2ccccc12)C(=O)O. The molecule has 1 atom stereocenters. The van der Waals surface area contributed by atoms with E-state index in [1.165, 1.54) is 0 Å². The first-order chi connectivity index (χ1) is 16.5. The number of unbranched alkanes of at least 4 members (excludes halogenated alkanes) is 2. The summed E-state index contributed by atoms with van der Waals surface area (Å²) in [6, 6.07) is 22.0. The molecule has 0 aliphatic heterocycles. The maximum Gasteiger partial charge on any atom is 0.407 e. The summed E-state index contributed by atoms with van der Waals surface area (Å²) in [5.74, 6) is -1.35. The molecule has 0 aromatic heterocycles. The number of benzene rings is 3. The van der Waals surface area contributed by atoms with Gasteiger partial charge in [0.1, 0.15) is 12.6 Å². The molecule has 3 aromatic rings. The number of carbonyl (C=O) groups is 3. The van der Waals surface area contributed by atoms with Gasteiger partial charge in [-0.2, -0.15) is 0 Å². The molecular weight excluding hydrogens is 432 g/mol. The lowest BCUT2D eigenvalue weighted by molar-refractivity contribution is -0.141. The van der Waals surface area contributed by atoms with Crippen molar-refractivity contribution in [2.45, 2.75) is 44.8 Å². The van der Waals surface area contributed by atoms with Crippen LogP contribution in [-0.2, 0) is 27.4 Å². The van der Waals surface area contributed by atoms with Gasteiger partial charge in [-0.1, -0.05) is 79.2 Å². The van der Waals surface area contributed by atoms with Gasteiger partial charge in [-0.05, 0) is 34.7 Å². The zero-order valence-corrected chi connectivity index (χ0v) is 19.0. The Balaban J connectivity index is 1.34. The molecule has 7 nitrogen and oxygen atoms in total. The van der Waals surface area contributed by atoms with Gasteiger partial charge in [-0.3, -0.25) is 4.79 Å². The number of hydrogen-bond donors (Lipinski definition) is 3. The van der Waals surface area contributed by atoms with Crippen molar-refractivity contribution in [1.29, 1.82) is 0 Å². The quantitative estimate of drug-likeness (QED) is 0.345. The molecule has 3 rings (SSSR count). The number of carboxylic acids is 1. The van der Waals surface area contributed by atoms with Crippen molar-refractivity contribution in [1.82, 2.24) is 10.6 Å². The zero-order chi connectivity index (χ0) is 24.2. The predicted molar refractivity (Wildman–Crippen MR) is 130 cm³/mol. The summed E-state index contributed by atoms with van der Waals surface area (Å²) in [5, 5.41) is 17.0. The van der Waals surface area contributed by atoms with E-state index in [0.717, 1.165) is 28.3 Å². The third kappa shape index (κ3) is 7.92. The number of rotatable bonds is 12. The number of ether oxygens (including phenoxy) is 1. The average molecular weight is 463 g/mol. The lowest BCUT2D eigenvalue weighted by Crippen LogP contribution is -2.42. The molecule has 3 aromatic carbocycles. The van der Waals surface area contributed by atoms with Gasteiger partial charge in [0.25, 0.3) is 0 Å². The summed E-state index contributed by atoms with van der Waals surface area (Å²) < 4.78 is 5.14. The van der Waals surface area contributed by atoms with Gasteiger partial charge in [0.15, 0.2) is 0 Å². The molecular formula is C27H30N2O5. The van der Waals surface area contributed by atoms with E-state index in [1.807, 2.05) is 72.8 Å². The molecule has 3 N–H and O–H groups in total. The Bertz CT molecular complexity index is 1100. The van der Waals surface area contributed by atoms with Crippen molar-refractivity contribution in [3.8, 4) is 0 Å². The molecule has 0 spiro atoms. The third-order valence-corrected chi connectivity index (χ3v) is 5.50. The highest BCUT2D eigenvalue weighted by molar-refractivity contribution is 5.88. The minimum Gasteiger partial charge on any atom is -0.480 e. The van der Waals surface area contributed by atoms with Crippen LogP contribution >= 0.6 is 0 Å². The van der Waals surface area contributed by atoms with Crippen molar-refractivity contribution in [3.05, 3.63) is 83.9 Å². The van der Waals surface area contributed by atoms with Gasteiger partial charge in [-0.15, -0.1) is 0 Å². The van der Waals surface area contributed by atoms with Crippen LogP contribution < -0.4 is 10.6 Å². The molecule has 0 bridgehead atoms. The van der Waals surface area contributed by atoms with Crippen LogP contribution in [0.1, 0.15) is 36.8 Å². The maximum absolute atomic E-state index is 12.3. The molecule has 0 aliphatic rings. The van der Waals surface area contributed by atoms with Gasteiger partial charge < -0.3 is 20.5 Å². The van der Waals surface area contributed by atoms with E-state index in [-0.39, 0.29) is 25.4 Å². The lowest BCUT2D eigenvalue weighted by atomic mass is 9.98. The van der Waals surface area contributed by atoms with E-state index < -0.39 is 18.1 Å². The van der Waals surface area contributed by atoms with Crippen LogP contribution in [0.25, 0.3) is 10.8 Å². The van der Waals surface area contributed by atoms with Crippen LogP contribution in [0, 0.1) is 0 Å². The van der Waals surface area contributed by atoms with Crippen LogP contribution in [-0.4, -0.2) is 35.7 Å². The van der Waals surface area contributed by atoms with Gasteiger partial charge in [0.2, 0.25) is 5.91 Å². The van der Waals surface area contributed by atoms with E-state index in [4.69, 9.17) is 4.74 Å². The van der Waals surface area contributed by atoms with Crippen molar-refractivity contribution in [3.63, 3.8) is 0 Å². The topological polar surface area (TPSA) is 105 Å². The molecule has 0 radical (unpaired) electrons. The number of hydrogen-bond acceptors (Lipinski definition) is 4. The first-order valence-electron chi connectivity index (χ1n) is 11.5. The molecule has 0 unspecified atom stereocenters. The highest BCUT2D eigenvalue weighted by atomic mass is 16.5. The summed E-state index contributed by atoms with van der Waals surface area (Å²) in [6.45, 7) is 0.671. The van der Waals surface area contributed by atoms with E-state index >= 15 is 0 Å². The standard InChI is InChI=1S/C27H30N2O5/c30-25(16-5-2-8-17-28-27(33)34-19-20-10-3-1-4-11-20)29-24(26(31)32)18-22-14-9-13-21-12-6-7-15-23(21)22/h1,3-4,6-7,9-15,24H,2,5,8,16-19H2,(H,28,33)(H,29,30)(H,31,32)/t24-/m1/s1. The first-order valence-corrected chi connectivity index (χ1v) is 11.5. The first kappa shape index (κ1) is 24.8. The Hall–Kier alpha value is -3.87. The highest BCUT2D eigenvalue weighted by Gasteiger charge is 2.21. The fourth-order valence-electron chi connectivity index (χ4n) is 3.71. The van der Waals surface area contributed by atoms with E-state index in [2.05, 4.69) is 10.6 Å². The van der Waals surface area contributed by atoms with E-state index in [1.54, 1.807) is 0 Å². The summed E-state index contributed by atoms with van der Waals surface area (Å²) in [5.41, 5.74) is 1.81. The molecule has 7 heteroatoms. The Labute approximate surface area is 199 Å². The molecule has 0 fully saturated rings. The van der Waals surface area contributed by atoms with Crippen molar-refractivity contribution in [2.24, 2.45) is 0 Å². The molecule has 0 heterocycles. The van der Waals surface area contributed by atoms with Crippen LogP contribution in [0.4, 0.5) is 4.79 Å². The van der Waals surface area contributed by atoms with Gasteiger partial charge >= 0.3 is 12.1 Å². The van der Waals surface area contributed by atoms with Crippen molar-refractivity contribution < 1.29 is 24.2 Å². The average Bonchev–Trinajstić information content (AvgIpc) is 2.85. The Kier molecular flexibility index (Phi) is 9.46. The maximum atomic E-state index is 12.3. The monoisotopic (exact) mass is 462 g/mol. The van der Waals surface area contributed by atoms with Crippen molar-refractivity contribution >= 4 is 28.7 Å². The number of fused-ring (bicyclic) bond motifs is 1. The van der Waals surface area contributed by atoms with Crippen LogP contribution in [0.3, 0.4) is 0 Å². The van der Waals surface area contributed by atoms with Crippen LogP contribution in [0.5, 0.6) is 0 Å². The molecule has 34 heavy (non-hydrogen) atoms. The number of aliphatic carboxylic acids is 1. The van der Waals surface area contributed by atoms with Crippen LogP contribution in [0.2, 0.25) is 0 Å². The number of nitrogens with one attached hydrogen (secondary N) is 2. The number of carboxylic acid groups (broad SMARTS) is 1. The molecule has 178 valence electrons. The minimum absolute atomic E-state index is 0.219. The summed E-state index contributed by atoms with van der Waals surface area (Å²) in [7, 11) is 0. The Morgan fingerprint density at radius 2 is 1.59 bits per heavy atom. The molecule has 0 aliphatic carbocycles. The van der Waals surface area contributed by atoms with Crippen molar-refractivity contribution in [2.75, 3.05) is 6.54 Å². The molecule has 2 amide bonds. The second-order valence-electron chi connectivity index (χ2n) is 8.10. The van der Waals surface area contributed by atoms with Gasteiger partial charge in [0.05, 0.1) is 0 Å². The predicted octanol–water partition coefficient (Wildman–Crippen LogP) is 4.44. The third-order valence-electron chi connectivity index (χ3n) is 5.50. The van der Waals surface area contributed by atoms with E-state index in [9.17, 15) is 19.5 Å². The minimum atomic E-state index is -1.06. The fraction of sp³-hybridized carbons (Fsp3) is 0.296. The Morgan fingerprint density at radius 3 is 2.38 bits per heavy atom. The fourth-order valence-corrected chi connectivity index (χ4v) is 3.71. The van der Waals surface area contributed by atoms with Gasteiger partial charge in [0, 0.05) is 19.4 Å². The molecule has 0 saturated carbocycles. The lowest BCUT2D eigenvalue weighted by Gasteiger charge is -2.16. The summed E-state index contributed by atoms with van der Waals surface area (Å²) in [6.07, 6.45) is 2.02. The normalized spacial score (nSPS) is 11.5. The second kappa shape index (κ2) is 13.0. The van der Waals surface area contributed by atoms with Crippen LogP contribution in [0.15, 0.2) is 72.8 Å². The summed E-state index contributed by atoms with van der Waals surface area (Å²) in [4.78, 5) is 35.8. The Morgan fingerprint density at radius 1 is 0.853 bits per heavy atom. The van der Waals surface area contributed by atoms with Gasteiger partial charge in [-0.25, -0.2) is 9.59 Å². The number of carbonyl (C=O) groups excluding carboxylic acids is 2. The highest BCUT2D eigenvalue weighted by Crippen LogP contribution is 2.20. The number of amides is 2.